The lowest BCUT2D eigenvalue weighted by molar-refractivity contribution is -0.0140. The van der Waals surface area contributed by atoms with E-state index < -0.39 is 0 Å². The number of nitrogens with two attached hydrogens (primary N) is 1. The van der Waals surface area contributed by atoms with Crippen LogP contribution in [-0.2, 0) is 4.74 Å². The van der Waals surface area contributed by atoms with Crippen LogP contribution >= 0.6 is 0 Å². The van der Waals surface area contributed by atoms with Crippen LogP contribution in [0.5, 0.6) is 0 Å². The van der Waals surface area contributed by atoms with Gasteiger partial charge in [0.15, 0.2) is 0 Å². The summed E-state index contributed by atoms with van der Waals surface area (Å²) in [4.78, 5) is 2.49. The van der Waals surface area contributed by atoms with Gasteiger partial charge in [-0.15, -0.1) is 0 Å². The van der Waals surface area contributed by atoms with Gasteiger partial charge in [-0.05, 0) is 38.8 Å². The molecule has 2 rings (SSSR count). The molecule has 2 N–H and O–H groups in total. The van der Waals surface area contributed by atoms with Crippen molar-refractivity contribution in [2.75, 3.05) is 26.8 Å². The predicted molar refractivity (Wildman–Crippen MR) is 61.7 cm³/mol. The lowest BCUT2D eigenvalue weighted by Crippen LogP contribution is -2.53. The smallest absolute Gasteiger partial charge is 0.0524 e. The molecular formula is C12H24N2O. The van der Waals surface area contributed by atoms with Crippen molar-refractivity contribution >= 4 is 0 Å². The van der Waals surface area contributed by atoms with Crippen LogP contribution in [-0.4, -0.2) is 43.8 Å². The molecule has 2 saturated heterocycles. The molecule has 0 saturated carbocycles. The largest absolute Gasteiger partial charge is 0.381 e. The van der Waals surface area contributed by atoms with Crippen LogP contribution in [0.3, 0.4) is 0 Å². The lowest BCUT2D eigenvalue weighted by Gasteiger charge is -2.44. The molecule has 2 heterocycles. The maximum Gasteiger partial charge on any atom is 0.0524 e. The third-order valence-corrected chi connectivity index (χ3v) is 4.13. The zero-order chi connectivity index (χ0) is 10.8. The second-order valence-corrected chi connectivity index (χ2v) is 5.37. The van der Waals surface area contributed by atoms with Gasteiger partial charge in [0.05, 0.1) is 6.61 Å². The first-order valence-electron chi connectivity index (χ1n) is 6.22. The van der Waals surface area contributed by atoms with Gasteiger partial charge in [0, 0.05) is 24.6 Å². The minimum Gasteiger partial charge on any atom is -0.381 e. The van der Waals surface area contributed by atoms with E-state index in [2.05, 4.69) is 18.9 Å². The Hall–Kier alpha value is -0.120. The molecule has 15 heavy (non-hydrogen) atoms. The Bertz CT molecular complexity index is 210. The van der Waals surface area contributed by atoms with Crippen molar-refractivity contribution in [2.24, 2.45) is 17.6 Å². The van der Waals surface area contributed by atoms with Crippen molar-refractivity contribution in [2.45, 2.75) is 38.3 Å². The van der Waals surface area contributed by atoms with Gasteiger partial charge in [-0.1, -0.05) is 6.92 Å². The van der Waals surface area contributed by atoms with Gasteiger partial charge in [-0.2, -0.15) is 0 Å². The minimum absolute atomic E-state index is 0.344. The number of hydrogen-bond donors (Lipinski definition) is 1. The Morgan fingerprint density at radius 2 is 2.13 bits per heavy atom. The highest BCUT2D eigenvalue weighted by molar-refractivity contribution is 4.90. The van der Waals surface area contributed by atoms with Crippen LogP contribution in [0.1, 0.15) is 26.2 Å². The summed E-state index contributed by atoms with van der Waals surface area (Å²) in [5, 5.41) is 0. The highest BCUT2D eigenvalue weighted by Crippen LogP contribution is 2.29. The maximum atomic E-state index is 6.21. The van der Waals surface area contributed by atoms with Gasteiger partial charge in [0.2, 0.25) is 0 Å². The molecule has 88 valence electrons. The fourth-order valence-electron chi connectivity index (χ4n) is 2.97. The molecule has 0 aromatic carbocycles. The average Bonchev–Trinajstić information content (AvgIpc) is 2.23. The number of nitrogens with zero attached hydrogens (tertiary/aromatic N) is 1. The zero-order valence-corrected chi connectivity index (χ0v) is 9.98. The zero-order valence-electron chi connectivity index (χ0n) is 9.98. The lowest BCUT2D eigenvalue weighted by atomic mass is 9.80. The van der Waals surface area contributed by atoms with Crippen LogP contribution < -0.4 is 5.73 Å². The van der Waals surface area contributed by atoms with Crippen molar-refractivity contribution in [1.82, 2.24) is 4.90 Å². The van der Waals surface area contributed by atoms with E-state index in [4.69, 9.17) is 10.5 Å². The molecular weight excluding hydrogens is 188 g/mol. The molecule has 4 atom stereocenters. The topological polar surface area (TPSA) is 38.5 Å². The number of ether oxygens (including phenoxy) is 1. The maximum absolute atomic E-state index is 6.21. The van der Waals surface area contributed by atoms with Crippen LogP contribution in [0.25, 0.3) is 0 Å². The molecule has 0 bridgehead atoms. The summed E-state index contributed by atoms with van der Waals surface area (Å²) >= 11 is 0. The van der Waals surface area contributed by atoms with E-state index in [-0.39, 0.29) is 0 Å². The molecule has 3 nitrogen and oxygen atoms in total. The number of piperidine rings is 1. The molecule has 2 aliphatic rings. The normalized spacial score (nSPS) is 44.2. The van der Waals surface area contributed by atoms with Crippen molar-refractivity contribution in [3.05, 3.63) is 0 Å². The number of likely N-dealkylation sites (tertiary alicyclic amines) is 1. The summed E-state index contributed by atoms with van der Waals surface area (Å²) in [6.07, 6.45) is 3.65. The van der Waals surface area contributed by atoms with Crippen LogP contribution in [0, 0.1) is 11.8 Å². The molecule has 2 aliphatic heterocycles. The predicted octanol–water partition coefficient (Wildman–Crippen LogP) is 1.08. The van der Waals surface area contributed by atoms with E-state index >= 15 is 0 Å². The van der Waals surface area contributed by atoms with Gasteiger partial charge in [-0.25, -0.2) is 0 Å². The standard InChI is InChI=1S/C12H24N2O/c1-9-3-5-14(2)12(7-9)10-8-15-6-4-11(10)13/h9-12H,3-8,13H2,1-2H3. The Balaban J connectivity index is 1.99. The Kier molecular flexibility index (Phi) is 3.65. The molecule has 3 heteroatoms. The first-order chi connectivity index (χ1) is 7.18. The summed E-state index contributed by atoms with van der Waals surface area (Å²) in [6.45, 7) is 5.29. The highest BCUT2D eigenvalue weighted by atomic mass is 16.5. The molecule has 0 aromatic heterocycles. The van der Waals surface area contributed by atoms with Gasteiger partial charge >= 0.3 is 0 Å². The van der Waals surface area contributed by atoms with Gasteiger partial charge in [0.1, 0.15) is 0 Å². The van der Waals surface area contributed by atoms with E-state index in [1.54, 1.807) is 0 Å². The van der Waals surface area contributed by atoms with Crippen molar-refractivity contribution in [3.63, 3.8) is 0 Å². The molecule has 2 fully saturated rings. The SMILES string of the molecule is CC1CCN(C)C(C2COCCC2N)C1. The van der Waals surface area contributed by atoms with E-state index in [9.17, 15) is 0 Å². The van der Waals surface area contributed by atoms with E-state index in [0.717, 1.165) is 25.6 Å². The minimum atomic E-state index is 0.344. The average molecular weight is 212 g/mol. The first-order valence-corrected chi connectivity index (χ1v) is 6.22. The second kappa shape index (κ2) is 4.81. The highest BCUT2D eigenvalue weighted by Gasteiger charge is 2.35. The van der Waals surface area contributed by atoms with Crippen molar-refractivity contribution in [1.29, 1.82) is 0 Å². The van der Waals surface area contributed by atoms with Crippen molar-refractivity contribution in [3.8, 4) is 0 Å². The number of rotatable bonds is 1. The molecule has 0 aliphatic carbocycles. The third-order valence-electron chi connectivity index (χ3n) is 4.13. The number of hydrogen-bond acceptors (Lipinski definition) is 3. The van der Waals surface area contributed by atoms with Crippen LogP contribution in [0.2, 0.25) is 0 Å². The summed E-state index contributed by atoms with van der Waals surface area (Å²) in [6, 6.07) is 0.987. The summed E-state index contributed by atoms with van der Waals surface area (Å²) < 4.78 is 5.58. The molecule has 0 spiro atoms. The fourth-order valence-corrected chi connectivity index (χ4v) is 2.97. The Labute approximate surface area is 93.0 Å². The third kappa shape index (κ3) is 2.52. The Morgan fingerprint density at radius 3 is 2.87 bits per heavy atom. The second-order valence-electron chi connectivity index (χ2n) is 5.37. The Morgan fingerprint density at radius 1 is 1.33 bits per heavy atom. The first kappa shape index (κ1) is 11.4. The molecule has 4 unspecified atom stereocenters. The van der Waals surface area contributed by atoms with E-state index in [1.165, 1.54) is 19.4 Å². The van der Waals surface area contributed by atoms with Gasteiger partial charge in [-0.3, -0.25) is 0 Å². The molecule has 0 amide bonds. The monoisotopic (exact) mass is 212 g/mol. The summed E-state index contributed by atoms with van der Waals surface area (Å²) in [7, 11) is 2.23. The van der Waals surface area contributed by atoms with Crippen LogP contribution in [0.4, 0.5) is 0 Å². The van der Waals surface area contributed by atoms with E-state index in [0.29, 0.717) is 18.0 Å². The fraction of sp³-hybridized carbons (Fsp3) is 1.00. The molecule has 0 aromatic rings. The summed E-state index contributed by atoms with van der Waals surface area (Å²) in [5.74, 6) is 1.40. The van der Waals surface area contributed by atoms with Crippen LogP contribution in [0.15, 0.2) is 0 Å². The van der Waals surface area contributed by atoms with Gasteiger partial charge in [0.25, 0.3) is 0 Å². The summed E-state index contributed by atoms with van der Waals surface area (Å²) in [5.41, 5.74) is 6.21. The van der Waals surface area contributed by atoms with Gasteiger partial charge < -0.3 is 15.4 Å². The molecule has 0 radical (unpaired) electrons. The quantitative estimate of drug-likeness (QED) is 0.707. The van der Waals surface area contributed by atoms with E-state index in [1.807, 2.05) is 0 Å². The van der Waals surface area contributed by atoms with Crippen molar-refractivity contribution < 1.29 is 4.74 Å².